The maximum atomic E-state index is 5.44. The summed E-state index contributed by atoms with van der Waals surface area (Å²) in [7, 11) is 0. The third kappa shape index (κ3) is 3.51. The fourth-order valence-electron chi connectivity index (χ4n) is 2.42. The summed E-state index contributed by atoms with van der Waals surface area (Å²) in [5.74, 6) is 0.658. The lowest BCUT2D eigenvalue weighted by Crippen LogP contribution is -2.33. The van der Waals surface area contributed by atoms with Gasteiger partial charge in [0.05, 0.1) is 11.7 Å². The minimum absolute atomic E-state index is 0.389. The fraction of sp³-hybridized carbons (Fsp3) is 0.643. The molecular formula is C14H22N2O. The van der Waals surface area contributed by atoms with Gasteiger partial charge in [-0.15, -0.1) is 0 Å². The van der Waals surface area contributed by atoms with Crippen LogP contribution in [0, 0.1) is 5.92 Å². The van der Waals surface area contributed by atoms with Gasteiger partial charge >= 0.3 is 0 Å². The SMILES string of the molecule is CCCNC(c1ccccn1)C1CCOCC1. The predicted octanol–water partition coefficient (Wildman–Crippen LogP) is 2.55. The Kier molecular flexibility index (Phi) is 4.95. The molecular weight excluding hydrogens is 212 g/mol. The summed E-state index contributed by atoms with van der Waals surface area (Å²) >= 11 is 0. The second-order valence-electron chi connectivity index (χ2n) is 4.64. The average Bonchev–Trinajstić information content (AvgIpc) is 2.42. The van der Waals surface area contributed by atoms with Crippen molar-refractivity contribution in [1.29, 1.82) is 0 Å². The van der Waals surface area contributed by atoms with Gasteiger partial charge in [0.25, 0.3) is 0 Å². The number of nitrogens with one attached hydrogen (secondary N) is 1. The van der Waals surface area contributed by atoms with E-state index in [1.807, 2.05) is 12.3 Å². The normalized spacial score (nSPS) is 19.1. The highest BCUT2D eigenvalue weighted by molar-refractivity contribution is 5.10. The van der Waals surface area contributed by atoms with Crippen molar-refractivity contribution in [1.82, 2.24) is 10.3 Å². The maximum Gasteiger partial charge on any atom is 0.0576 e. The van der Waals surface area contributed by atoms with E-state index in [-0.39, 0.29) is 0 Å². The van der Waals surface area contributed by atoms with Gasteiger partial charge < -0.3 is 10.1 Å². The molecule has 17 heavy (non-hydrogen) atoms. The largest absolute Gasteiger partial charge is 0.381 e. The summed E-state index contributed by atoms with van der Waals surface area (Å²) in [6.45, 7) is 5.04. The number of pyridine rings is 1. The monoisotopic (exact) mass is 234 g/mol. The van der Waals surface area contributed by atoms with Gasteiger partial charge in [0, 0.05) is 19.4 Å². The molecule has 0 bridgehead atoms. The van der Waals surface area contributed by atoms with Crippen molar-refractivity contribution in [2.24, 2.45) is 5.92 Å². The number of rotatable bonds is 5. The molecule has 1 aliphatic heterocycles. The van der Waals surface area contributed by atoms with Crippen molar-refractivity contribution in [2.75, 3.05) is 19.8 Å². The summed E-state index contributed by atoms with van der Waals surface area (Å²) in [5.41, 5.74) is 1.17. The molecule has 1 N–H and O–H groups in total. The number of hydrogen-bond donors (Lipinski definition) is 1. The molecule has 0 aliphatic carbocycles. The van der Waals surface area contributed by atoms with Crippen LogP contribution in [-0.2, 0) is 4.74 Å². The predicted molar refractivity (Wildman–Crippen MR) is 68.8 cm³/mol. The molecule has 1 aromatic heterocycles. The number of nitrogens with zero attached hydrogens (tertiary/aromatic N) is 1. The van der Waals surface area contributed by atoms with Crippen molar-refractivity contribution < 1.29 is 4.74 Å². The van der Waals surface area contributed by atoms with Gasteiger partial charge in [-0.3, -0.25) is 4.98 Å². The molecule has 1 fully saturated rings. The van der Waals surface area contributed by atoms with Crippen LogP contribution in [-0.4, -0.2) is 24.7 Å². The zero-order valence-electron chi connectivity index (χ0n) is 10.6. The molecule has 3 nitrogen and oxygen atoms in total. The third-order valence-corrected chi connectivity index (χ3v) is 3.36. The zero-order chi connectivity index (χ0) is 11.9. The molecule has 2 heterocycles. The Labute approximate surface area is 104 Å². The van der Waals surface area contributed by atoms with Crippen molar-refractivity contribution >= 4 is 0 Å². The molecule has 1 saturated heterocycles. The summed E-state index contributed by atoms with van der Waals surface area (Å²) in [5, 5.41) is 3.64. The minimum Gasteiger partial charge on any atom is -0.381 e. The molecule has 0 aromatic carbocycles. The van der Waals surface area contributed by atoms with E-state index in [9.17, 15) is 0 Å². The van der Waals surface area contributed by atoms with Gasteiger partial charge in [0.1, 0.15) is 0 Å². The highest BCUT2D eigenvalue weighted by atomic mass is 16.5. The number of ether oxygens (including phenoxy) is 1. The molecule has 2 rings (SSSR count). The Balaban J connectivity index is 2.06. The van der Waals surface area contributed by atoms with Crippen molar-refractivity contribution in [2.45, 2.75) is 32.2 Å². The highest BCUT2D eigenvalue weighted by Crippen LogP contribution is 2.28. The van der Waals surface area contributed by atoms with E-state index in [2.05, 4.69) is 29.4 Å². The van der Waals surface area contributed by atoms with Crippen LogP contribution >= 0.6 is 0 Å². The number of hydrogen-bond acceptors (Lipinski definition) is 3. The molecule has 0 amide bonds. The molecule has 1 aromatic rings. The van der Waals surface area contributed by atoms with Crippen molar-refractivity contribution in [3.8, 4) is 0 Å². The molecule has 0 spiro atoms. The van der Waals surface area contributed by atoms with Gasteiger partial charge in [-0.2, -0.15) is 0 Å². The van der Waals surface area contributed by atoms with Crippen LogP contribution in [0.4, 0.5) is 0 Å². The Hall–Kier alpha value is -0.930. The van der Waals surface area contributed by atoms with Crippen LogP contribution < -0.4 is 5.32 Å². The molecule has 0 radical (unpaired) electrons. The van der Waals surface area contributed by atoms with Crippen LogP contribution in [0.25, 0.3) is 0 Å². The van der Waals surface area contributed by atoms with E-state index in [0.29, 0.717) is 12.0 Å². The van der Waals surface area contributed by atoms with Crippen molar-refractivity contribution in [3.63, 3.8) is 0 Å². The Morgan fingerprint density at radius 3 is 2.88 bits per heavy atom. The lowest BCUT2D eigenvalue weighted by molar-refractivity contribution is 0.0531. The first-order chi connectivity index (χ1) is 8.42. The summed E-state index contributed by atoms with van der Waals surface area (Å²) in [4.78, 5) is 4.50. The average molecular weight is 234 g/mol. The van der Waals surface area contributed by atoms with E-state index in [4.69, 9.17) is 4.74 Å². The van der Waals surface area contributed by atoms with E-state index >= 15 is 0 Å². The molecule has 94 valence electrons. The summed E-state index contributed by atoms with van der Waals surface area (Å²) in [6, 6.07) is 6.56. The Morgan fingerprint density at radius 2 is 2.24 bits per heavy atom. The summed E-state index contributed by atoms with van der Waals surface area (Å²) < 4.78 is 5.44. The van der Waals surface area contributed by atoms with Gasteiger partial charge in [-0.1, -0.05) is 13.0 Å². The van der Waals surface area contributed by atoms with E-state index < -0.39 is 0 Å². The van der Waals surface area contributed by atoms with Crippen molar-refractivity contribution in [3.05, 3.63) is 30.1 Å². The van der Waals surface area contributed by atoms with Crippen LogP contribution in [0.3, 0.4) is 0 Å². The Morgan fingerprint density at radius 1 is 1.41 bits per heavy atom. The molecule has 1 aliphatic rings. The van der Waals surface area contributed by atoms with Gasteiger partial charge in [-0.05, 0) is 43.9 Å². The van der Waals surface area contributed by atoms with Crippen LogP contribution in [0.5, 0.6) is 0 Å². The number of aromatic nitrogens is 1. The molecule has 0 saturated carbocycles. The fourth-order valence-corrected chi connectivity index (χ4v) is 2.42. The van der Waals surface area contributed by atoms with Gasteiger partial charge in [0.2, 0.25) is 0 Å². The first-order valence-electron chi connectivity index (χ1n) is 6.64. The lowest BCUT2D eigenvalue weighted by atomic mass is 9.89. The lowest BCUT2D eigenvalue weighted by Gasteiger charge is -2.30. The van der Waals surface area contributed by atoms with Crippen LogP contribution in [0.2, 0.25) is 0 Å². The van der Waals surface area contributed by atoms with Crippen LogP contribution in [0.1, 0.15) is 37.9 Å². The quantitative estimate of drug-likeness (QED) is 0.850. The van der Waals surface area contributed by atoms with Crippen LogP contribution in [0.15, 0.2) is 24.4 Å². The van der Waals surface area contributed by atoms with E-state index in [1.165, 1.54) is 5.69 Å². The molecule has 1 atom stereocenters. The van der Waals surface area contributed by atoms with E-state index in [0.717, 1.165) is 39.0 Å². The molecule has 1 unspecified atom stereocenters. The highest BCUT2D eigenvalue weighted by Gasteiger charge is 2.25. The first kappa shape index (κ1) is 12.5. The zero-order valence-corrected chi connectivity index (χ0v) is 10.6. The smallest absolute Gasteiger partial charge is 0.0576 e. The minimum atomic E-state index is 0.389. The van der Waals surface area contributed by atoms with Gasteiger partial charge in [0.15, 0.2) is 0 Å². The second kappa shape index (κ2) is 6.72. The standard InChI is InChI=1S/C14H22N2O/c1-2-8-16-14(12-6-10-17-11-7-12)13-5-3-4-9-15-13/h3-5,9,12,14,16H,2,6-8,10-11H2,1H3. The van der Waals surface area contributed by atoms with E-state index in [1.54, 1.807) is 0 Å². The second-order valence-corrected chi connectivity index (χ2v) is 4.64. The summed E-state index contributed by atoms with van der Waals surface area (Å²) in [6.07, 6.45) is 5.32. The topological polar surface area (TPSA) is 34.2 Å². The Bertz CT molecular complexity index is 309. The maximum absolute atomic E-state index is 5.44. The molecule has 3 heteroatoms. The van der Waals surface area contributed by atoms with Gasteiger partial charge in [-0.25, -0.2) is 0 Å². The first-order valence-corrected chi connectivity index (χ1v) is 6.64. The third-order valence-electron chi connectivity index (χ3n) is 3.36.